The molecule has 2 aromatic carbocycles. The number of benzene rings is 2. The SMILES string of the molecule is C=CCOC(=O)C1=C(C)Nc2nc3ccccc3n2[C@@H]1c1cccc(OCCC)c1. The zero-order valence-corrected chi connectivity index (χ0v) is 17.2. The number of carbonyl (C=O) groups excluding carboxylic acids is 1. The zero-order chi connectivity index (χ0) is 21.1. The molecular formula is C24H25N3O3. The van der Waals surface area contributed by atoms with Gasteiger partial charge in [-0.05, 0) is 43.2 Å². The average molecular weight is 403 g/mol. The van der Waals surface area contributed by atoms with Crippen LogP contribution in [0.2, 0.25) is 0 Å². The fourth-order valence-corrected chi connectivity index (χ4v) is 3.75. The first-order chi connectivity index (χ1) is 14.6. The Labute approximate surface area is 175 Å². The lowest BCUT2D eigenvalue weighted by Gasteiger charge is -2.30. The van der Waals surface area contributed by atoms with Crippen LogP contribution in [0.3, 0.4) is 0 Å². The molecule has 4 rings (SSSR count). The minimum Gasteiger partial charge on any atom is -0.494 e. The molecule has 6 heteroatoms. The number of anilines is 1. The lowest BCUT2D eigenvalue weighted by Crippen LogP contribution is -2.29. The standard InChI is InChI=1S/C24H25N3O3/c1-4-13-29-18-10-8-9-17(15-18)22-21(23(28)30-14-5-2)16(3)25-24-26-19-11-6-7-12-20(19)27(22)24/h5-12,15,22H,2,4,13-14H2,1,3H3,(H,25,26)/t22-/m1/s1. The van der Waals surface area contributed by atoms with Gasteiger partial charge in [-0.2, -0.15) is 0 Å². The summed E-state index contributed by atoms with van der Waals surface area (Å²) in [5, 5.41) is 3.28. The van der Waals surface area contributed by atoms with Crippen LogP contribution in [0.15, 0.2) is 72.5 Å². The monoisotopic (exact) mass is 403 g/mol. The van der Waals surface area contributed by atoms with Gasteiger partial charge in [0, 0.05) is 5.70 Å². The van der Waals surface area contributed by atoms with E-state index < -0.39 is 6.04 Å². The predicted molar refractivity (Wildman–Crippen MR) is 118 cm³/mol. The number of para-hydroxylation sites is 2. The highest BCUT2D eigenvalue weighted by atomic mass is 16.5. The molecule has 0 bridgehead atoms. The molecule has 0 saturated heterocycles. The molecular weight excluding hydrogens is 378 g/mol. The largest absolute Gasteiger partial charge is 0.494 e. The number of carbonyl (C=O) groups is 1. The van der Waals surface area contributed by atoms with Crippen LogP contribution in [0.1, 0.15) is 31.9 Å². The van der Waals surface area contributed by atoms with Crippen LogP contribution in [0.25, 0.3) is 11.0 Å². The summed E-state index contributed by atoms with van der Waals surface area (Å²) >= 11 is 0. The van der Waals surface area contributed by atoms with E-state index in [9.17, 15) is 4.79 Å². The van der Waals surface area contributed by atoms with Crippen molar-refractivity contribution in [3.63, 3.8) is 0 Å². The number of allylic oxidation sites excluding steroid dienone is 1. The molecule has 0 saturated carbocycles. The molecule has 30 heavy (non-hydrogen) atoms. The zero-order valence-electron chi connectivity index (χ0n) is 17.2. The summed E-state index contributed by atoms with van der Waals surface area (Å²) in [6.45, 7) is 8.37. The molecule has 0 aliphatic carbocycles. The first-order valence-corrected chi connectivity index (χ1v) is 10.1. The van der Waals surface area contributed by atoms with Crippen molar-refractivity contribution in [1.82, 2.24) is 9.55 Å². The van der Waals surface area contributed by atoms with Crippen LogP contribution in [-0.4, -0.2) is 28.7 Å². The molecule has 1 aromatic heterocycles. The van der Waals surface area contributed by atoms with Gasteiger partial charge in [0.15, 0.2) is 0 Å². The normalized spacial score (nSPS) is 15.5. The van der Waals surface area contributed by atoms with Crippen LogP contribution in [-0.2, 0) is 9.53 Å². The molecule has 1 aliphatic heterocycles. The van der Waals surface area contributed by atoms with Gasteiger partial charge in [0.25, 0.3) is 0 Å². The molecule has 0 radical (unpaired) electrons. The third-order valence-corrected chi connectivity index (χ3v) is 5.03. The number of esters is 1. The molecule has 154 valence electrons. The van der Waals surface area contributed by atoms with Gasteiger partial charge in [0.2, 0.25) is 5.95 Å². The second-order valence-electron chi connectivity index (χ2n) is 7.17. The maximum atomic E-state index is 13.0. The third-order valence-electron chi connectivity index (χ3n) is 5.03. The molecule has 6 nitrogen and oxygen atoms in total. The van der Waals surface area contributed by atoms with Crippen LogP contribution >= 0.6 is 0 Å². The van der Waals surface area contributed by atoms with E-state index >= 15 is 0 Å². The number of nitrogens with one attached hydrogen (secondary N) is 1. The van der Waals surface area contributed by atoms with Crippen LogP contribution in [0.5, 0.6) is 5.75 Å². The summed E-state index contributed by atoms with van der Waals surface area (Å²) in [6, 6.07) is 15.4. The molecule has 0 fully saturated rings. The second-order valence-corrected chi connectivity index (χ2v) is 7.17. The van der Waals surface area contributed by atoms with Crippen LogP contribution in [0, 0.1) is 0 Å². The predicted octanol–water partition coefficient (Wildman–Crippen LogP) is 4.84. The number of nitrogens with zero attached hydrogens (tertiary/aromatic N) is 2. The maximum absolute atomic E-state index is 13.0. The topological polar surface area (TPSA) is 65.4 Å². The maximum Gasteiger partial charge on any atom is 0.338 e. The number of hydrogen-bond acceptors (Lipinski definition) is 5. The minimum atomic E-state index is -0.392. The third kappa shape index (κ3) is 3.56. The second kappa shape index (κ2) is 8.45. The van der Waals surface area contributed by atoms with Gasteiger partial charge in [-0.25, -0.2) is 9.78 Å². The number of ether oxygens (including phenoxy) is 2. The lowest BCUT2D eigenvalue weighted by molar-refractivity contribution is -0.138. The minimum absolute atomic E-state index is 0.152. The van der Waals surface area contributed by atoms with Crippen molar-refractivity contribution >= 4 is 23.0 Å². The van der Waals surface area contributed by atoms with E-state index in [1.165, 1.54) is 0 Å². The Morgan fingerprint density at radius 3 is 2.90 bits per heavy atom. The van der Waals surface area contributed by atoms with Crippen molar-refractivity contribution in [3.8, 4) is 5.75 Å². The van der Waals surface area contributed by atoms with Crippen molar-refractivity contribution in [2.45, 2.75) is 26.3 Å². The van der Waals surface area contributed by atoms with E-state index in [0.29, 0.717) is 18.1 Å². The summed E-state index contributed by atoms with van der Waals surface area (Å²) in [5.74, 6) is 1.09. The van der Waals surface area contributed by atoms with Crippen molar-refractivity contribution in [1.29, 1.82) is 0 Å². The Kier molecular flexibility index (Phi) is 5.57. The Balaban J connectivity index is 1.88. The van der Waals surface area contributed by atoms with Gasteiger partial charge >= 0.3 is 5.97 Å². The van der Waals surface area contributed by atoms with E-state index in [1.807, 2.05) is 60.0 Å². The molecule has 2 heterocycles. The van der Waals surface area contributed by atoms with Crippen molar-refractivity contribution in [2.24, 2.45) is 0 Å². The van der Waals surface area contributed by atoms with E-state index in [-0.39, 0.29) is 12.6 Å². The van der Waals surface area contributed by atoms with Gasteiger partial charge in [-0.3, -0.25) is 4.57 Å². The van der Waals surface area contributed by atoms with Crippen molar-refractivity contribution in [2.75, 3.05) is 18.5 Å². The summed E-state index contributed by atoms with van der Waals surface area (Å²) < 4.78 is 13.3. The molecule has 0 spiro atoms. The molecule has 1 atom stereocenters. The highest BCUT2D eigenvalue weighted by molar-refractivity contribution is 5.94. The van der Waals surface area contributed by atoms with Crippen LogP contribution in [0.4, 0.5) is 5.95 Å². The summed E-state index contributed by atoms with van der Waals surface area (Å²) in [5.41, 5.74) is 3.99. The number of hydrogen-bond donors (Lipinski definition) is 1. The highest BCUT2D eigenvalue weighted by Gasteiger charge is 2.35. The van der Waals surface area contributed by atoms with E-state index in [1.54, 1.807) is 6.08 Å². The molecule has 0 unspecified atom stereocenters. The number of rotatable bonds is 7. The molecule has 1 N–H and O–H groups in total. The van der Waals surface area contributed by atoms with Crippen molar-refractivity contribution in [3.05, 3.63) is 78.0 Å². The Hall–Kier alpha value is -3.54. The Morgan fingerprint density at radius 2 is 2.10 bits per heavy atom. The smallest absolute Gasteiger partial charge is 0.338 e. The van der Waals surface area contributed by atoms with Gasteiger partial charge in [0.1, 0.15) is 12.4 Å². The quantitative estimate of drug-likeness (QED) is 0.452. The van der Waals surface area contributed by atoms with E-state index in [4.69, 9.17) is 14.5 Å². The van der Waals surface area contributed by atoms with Gasteiger partial charge in [0.05, 0.1) is 29.3 Å². The summed E-state index contributed by atoms with van der Waals surface area (Å²) in [7, 11) is 0. The molecule has 3 aromatic rings. The van der Waals surface area contributed by atoms with Gasteiger partial charge < -0.3 is 14.8 Å². The summed E-state index contributed by atoms with van der Waals surface area (Å²) in [4.78, 5) is 17.8. The highest BCUT2D eigenvalue weighted by Crippen LogP contribution is 2.40. The van der Waals surface area contributed by atoms with Gasteiger partial charge in [-0.15, -0.1) is 0 Å². The number of imidazole rings is 1. The number of aromatic nitrogens is 2. The fourth-order valence-electron chi connectivity index (χ4n) is 3.75. The summed E-state index contributed by atoms with van der Waals surface area (Å²) in [6.07, 6.45) is 2.49. The van der Waals surface area contributed by atoms with Crippen LogP contribution < -0.4 is 10.1 Å². The fraction of sp³-hybridized carbons (Fsp3) is 0.250. The average Bonchev–Trinajstić information content (AvgIpc) is 3.13. The lowest BCUT2D eigenvalue weighted by atomic mass is 9.95. The number of fused-ring (bicyclic) bond motifs is 3. The first kappa shape index (κ1) is 19.8. The van der Waals surface area contributed by atoms with Gasteiger partial charge in [-0.1, -0.05) is 43.8 Å². The molecule has 0 amide bonds. The Morgan fingerprint density at radius 1 is 1.27 bits per heavy atom. The molecule has 1 aliphatic rings. The van der Waals surface area contributed by atoms with Crippen molar-refractivity contribution < 1.29 is 14.3 Å². The first-order valence-electron chi connectivity index (χ1n) is 10.1. The Bertz CT molecular complexity index is 1130. The van der Waals surface area contributed by atoms with E-state index in [2.05, 4.69) is 18.8 Å². The van der Waals surface area contributed by atoms with E-state index in [0.717, 1.165) is 34.5 Å².